The van der Waals surface area contributed by atoms with Gasteiger partial charge in [0.2, 0.25) is 5.91 Å². The lowest BCUT2D eigenvalue weighted by Crippen LogP contribution is -2.26. The van der Waals surface area contributed by atoms with Crippen molar-refractivity contribution < 1.29 is 22.5 Å². The molecule has 0 radical (unpaired) electrons. The number of amides is 1. The van der Waals surface area contributed by atoms with Gasteiger partial charge in [0.15, 0.2) is 0 Å². The fraction of sp³-hybridized carbons (Fsp3) is 0.222. The maximum absolute atomic E-state index is 12.0. The first kappa shape index (κ1) is 12.4. The van der Waals surface area contributed by atoms with E-state index in [0.29, 0.717) is 0 Å². The second-order valence-electron chi connectivity index (χ2n) is 3.20. The first-order chi connectivity index (χ1) is 7.38. The van der Waals surface area contributed by atoms with Crippen LogP contribution in [0, 0.1) is 0 Å². The third-order valence-corrected chi connectivity index (χ3v) is 1.63. The molecule has 0 aliphatic rings. The average Bonchev–Trinajstić information content (AvgIpc) is 2.14. The molecule has 0 aromatic heterocycles. The van der Waals surface area contributed by atoms with E-state index in [2.05, 4.69) is 10.1 Å². The Hall–Kier alpha value is -1.66. The van der Waals surface area contributed by atoms with Crippen molar-refractivity contribution in [1.29, 1.82) is 0 Å². The molecule has 1 rings (SSSR count). The fourth-order valence-corrected chi connectivity index (χ4v) is 1.07. The Balaban J connectivity index is 2.75. The van der Waals surface area contributed by atoms with Crippen molar-refractivity contribution >= 4 is 18.6 Å². The zero-order chi connectivity index (χ0) is 12.2. The molecule has 0 spiro atoms. The monoisotopic (exact) mass is 232 g/mol. The Labute approximate surface area is 90.7 Å². The van der Waals surface area contributed by atoms with E-state index in [1.807, 2.05) is 0 Å². The summed E-state index contributed by atoms with van der Waals surface area (Å²) in [6.45, 7) is -5.06. The Morgan fingerprint density at radius 2 is 2.00 bits per heavy atom. The number of hydrogen-bond acceptors (Lipinski definition) is 2. The largest absolute Gasteiger partial charge is 0.520 e. The minimum Gasteiger partial charge on any atom is -0.520 e. The summed E-state index contributed by atoms with van der Waals surface area (Å²) in [5.41, 5.74) is 0.232. The first-order valence-electron chi connectivity index (χ1n) is 4.59. The third kappa shape index (κ3) is 4.25. The zero-order valence-electron chi connectivity index (χ0n) is 8.54. The highest BCUT2D eigenvalue weighted by Crippen LogP contribution is 2.24. The van der Waals surface area contributed by atoms with Crippen LogP contribution in [0.5, 0.6) is 5.75 Å². The van der Waals surface area contributed by atoms with E-state index in [-0.39, 0.29) is 17.3 Å². The standard InChI is InChI=1S/C9H10BF3NO2/c1-7(15)14-8-4-2-3-5-9(8)16-6-10(11,12)13/h2-5H,6H2,1H3,(H,14,15)/q-1. The highest BCUT2D eigenvalue weighted by molar-refractivity contribution is 6.58. The molecular weight excluding hydrogens is 222 g/mol. The van der Waals surface area contributed by atoms with Gasteiger partial charge in [-0.15, -0.1) is 0 Å². The van der Waals surface area contributed by atoms with Crippen LogP contribution in [0.1, 0.15) is 6.92 Å². The van der Waals surface area contributed by atoms with E-state index in [9.17, 15) is 17.7 Å². The quantitative estimate of drug-likeness (QED) is 0.809. The second-order valence-corrected chi connectivity index (χ2v) is 3.20. The highest BCUT2D eigenvalue weighted by atomic mass is 19.4. The number of rotatable bonds is 4. The lowest BCUT2D eigenvalue weighted by molar-refractivity contribution is -0.114. The van der Waals surface area contributed by atoms with Crippen molar-refractivity contribution in [2.24, 2.45) is 0 Å². The van der Waals surface area contributed by atoms with E-state index in [1.165, 1.54) is 25.1 Å². The Kier molecular flexibility index (Phi) is 3.81. The van der Waals surface area contributed by atoms with Gasteiger partial charge in [-0.25, -0.2) is 0 Å². The number of anilines is 1. The van der Waals surface area contributed by atoms with Crippen LogP contribution in [-0.4, -0.2) is 19.4 Å². The third-order valence-electron chi connectivity index (χ3n) is 1.63. The molecule has 0 atom stereocenters. The molecule has 1 N–H and O–H groups in total. The minimum absolute atomic E-state index is 0.0110. The Morgan fingerprint density at radius 1 is 1.38 bits per heavy atom. The lowest BCUT2D eigenvalue weighted by atomic mass is 9.95. The van der Waals surface area contributed by atoms with Crippen LogP contribution in [0.25, 0.3) is 0 Å². The lowest BCUT2D eigenvalue weighted by Gasteiger charge is -2.17. The smallest absolute Gasteiger partial charge is 0.515 e. The van der Waals surface area contributed by atoms with Gasteiger partial charge in [0.1, 0.15) is 5.75 Å². The molecule has 0 aliphatic carbocycles. The molecule has 16 heavy (non-hydrogen) atoms. The Morgan fingerprint density at radius 3 is 2.56 bits per heavy atom. The highest BCUT2D eigenvalue weighted by Gasteiger charge is 2.24. The molecule has 1 amide bonds. The van der Waals surface area contributed by atoms with Gasteiger partial charge < -0.3 is 23.0 Å². The van der Waals surface area contributed by atoms with Crippen molar-refractivity contribution in [1.82, 2.24) is 0 Å². The zero-order valence-corrected chi connectivity index (χ0v) is 8.54. The topological polar surface area (TPSA) is 38.3 Å². The summed E-state index contributed by atoms with van der Waals surface area (Å²) in [4.78, 5) is 10.8. The summed E-state index contributed by atoms with van der Waals surface area (Å²) in [6.07, 6.45) is 0. The maximum atomic E-state index is 12.0. The normalized spacial score (nSPS) is 11.0. The van der Waals surface area contributed by atoms with E-state index < -0.39 is 13.5 Å². The predicted molar refractivity (Wildman–Crippen MR) is 55.3 cm³/mol. The van der Waals surface area contributed by atoms with Crippen LogP contribution in [0.15, 0.2) is 24.3 Å². The predicted octanol–water partition coefficient (Wildman–Crippen LogP) is 2.41. The number of benzene rings is 1. The fourth-order valence-electron chi connectivity index (χ4n) is 1.07. The molecule has 0 bridgehead atoms. The van der Waals surface area contributed by atoms with Gasteiger partial charge in [0, 0.05) is 6.92 Å². The molecule has 7 heteroatoms. The molecule has 0 saturated carbocycles. The summed E-state index contributed by atoms with van der Waals surface area (Å²) >= 11 is 0. The summed E-state index contributed by atoms with van der Waals surface area (Å²) in [7, 11) is 0. The molecular formula is C9H10BF3NO2-. The minimum atomic E-state index is -5.00. The molecule has 1 aromatic rings. The van der Waals surface area contributed by atoms with Crippen LogP contribution in [0.2, 0.25) is 0 Å². The molecule has 0 fully saturated rings. The van der Waals surface area contributed by atoms with Gasteiger partial charge in [-0.1, -0.05) is 12.1 Å². The van der Waals surface area contributed by atoms with Gasteiger partial charge in [-0.3, -0.25) is 4.79 Å². The van der Waals surface area contributed by atoms with Crippen LogP contribution < -0.4 is 10.1 Å². The van der Waals surface area contributed by atoms with E-state index in [1.54, 1.807) is 6.07 Å². The molecule has 0 unspecified atom stereocenters. The van der Waals surface area contributed by atoms with Crippen LogP contribution in [-0.2, 0) is 4.79 Å². The molecule has 3 nitrogen and oxygen atoms in total. The number of nitrogens with one attached hydrogen (secondary N) is 1. The van der Waals surface area contributed by atoms with Gasteiger partial charge >= 0.3 is 6.98 Å². The van der Waals surface area contributed by atoms with Gasteiger partial charge in [-0.2, -0.15) is 0 Å². The summed E-state index contributed by atoms with van der Waals surface area (Å²) in [6, 6.07) is 5.97. The number of ether oxygens (including phenoxy) is 1. The summed E-state index contributed by atoms with van der Waals surface area (Å²) in [5.74, 6) is -0.356. The number of carbonyl (C=O) groups excluding carboxylic acids is 1. The number of para-hydroxylation sites is 2. The van der Waals surface area contributed by atoms with Crippen molar-refractivity contribution in [3.63, 3.8) is 0 Å². The Bertz CT molecular complexity index is 381. The maximum Gasteiger partial charge on any atom is 0.515 e. The van der Waals surface area contributed by atoms with Crippen LogP contribution in [0.4, 0.5) is 18.6 Å². The number of halogens is 3. The van der Waals surface area contributed by atoms with Crippen LogP contribution >= 0.6 is 0 Å². The molecule has 0 saturated heterocycles. The summed E-state index contributed by atoms with van der Waals surface area (Å²) in [5, 5.41) is 2.39. The van der Waals surface area contributed by atoms with Gasteiger partial charge in [-0.05, 0) is 12.1 Å². The van der Waals surface area contributed by atoms with E-state index in [4.69, 9.17) is 0 Å². The molecule has 1 aromatic carbocycles. The van der Waals surface area contributed by atoms with Gasteiger partial charge in [0.25, 0.3) is 0 Å². The van der Waals surface area contributed by atoms with Crippen LogP contribution in [0.3, 0.4) is 0 Å². The molecule has 0 aliphatic heterocycles. The SMILES string of the molecule is CC(=O)Nc1ccccc1OC[B-](F)(F)F. The summed E-state index contributed by atoms with van der Waals surface area (Å²) < 4.78 is 40.5. The number of carbonyl (C=O) groups is 1. The average molecular weight is 232 g/mol. The van der Waals surface area contributed by atoms with E-state index in [0.717, 1.165) is 0 Å². The first-order valence-corrected chi connectivity index (χ1v) is 4.59. The second kappa shape index (κ2) is 4.91. The number of hydrogen-bond donors (Lipinski definition) is 1. The van der Waals surface area contributed by atoms with E-state index >= 15 is 0 Å². The van der Waals surface area contributed by atoms with Crippen molar-refractivity contribution in [3.8, 4) is 5.75 Å². The van der Waals surface area contributed by atoms with Crippen molar-refractivity contribution in [3.05, 3.63) is 24.3 Å². The molecule has 88 valence electrons. The van der Waals surface area contributed by atoms with Crippen molar-refractivity contribution in [2.75, 3.05) is 11.8 Å². The van der Waals surface area contributed by atoms with Gasteiger partial charge in [0.05, 0.1) is 12.2 Å². The molecule has 0 heterocycles. The van der Waals surface area contributed by atoms with Crippen molar-refractivity contribution in [2.45, 2.75) is 6.92 Å².